The van der Waals surface area contributed by atoms with E-state index >= 15 is 0 Å². The largest absolute Gasteiger partial charge is 0.478 e. The van der Waals surface area contributed by atoms with Gasteiger partial charge in [-0.1, -0.05) is 11.6 Å². The summed E-state index contributed by atoms with van der Waals surface area (Å²) >= 11 is 5.78. The molecule has 0 fully saturated rings. The molecule has 0 aromatic carbocycles. The molecule has 0 saturated heterocycles. The van der Waals surface area contributed by atoms with Gasteiger partial charge in [0, 0.05) is 12.3 Å². The van der Waals surface area contributed by atoms with Crippen LogP contribution in [0, 0.1) is 0 Å². The molecular formula is C11H10ClN3O3. The monoisotopic (exact) mass is 267 g/mol. The predicted molar refractivity (Wildman–Crippen MR) is 64.5 cm³/mol. The van der Waals surface area contributed by atoms with Gasteiger partial charge in [-0.15, -0.1) is 5.10 Å². The molecule has 2 heterocycles. The number of rotatable bonds is 4. The topological polar surface area (TPSA) is 77.2 Å². The fourth-order valence-electron chi connectivity index (χ4n) is 1.37. The number of ether oxygens (including phenoxy) is 1. The summed E-state index contributed by atoms with van der Waals surface area (Å²) in [6, 6.07) is 4.59. The first-order chi connectivity index (χ1) is 8.61. The second-order valence-electron chi connectivity index (χ2n) is 3.34. The van der Waals surface area contributed by atoms with E-state index in [0.29, 0.717) is 18.3 Å². The molecule has 0 saturated carbocycles. The summed E-state index contributed by atoms with van der Waals surface area (Å²) in [6.45, 7) is 2.37. The summed E-state index contributed by atoms with van der Waals surface area (Å²) < 4.78 is 6.67. The molecule has 0 spiro atoms. The maximum atomic E-state index is 10.8. The minimum absolute atomic E-state index is 0.0439. The van der Waals surface area contributed by atoms with Crippen molar-refractivity contribution < 1.29 is 14.6 Å². The van der Waals surface area contributed by atoms with Crippen LogP contribution in [0.2, 0.25) is 5.15 Å². The summed E-state index contributed by atoms with van der Waals surface area (Å²) in [5.41, 5.74) is -0.0439. The fourth-order valence-corrected chi connectivity index (χ4v) is 1.60. The van der Waals surface area contributed by atoms with Gasteiger partial charge in [-0.05, 0) is 19.1 Å². The number of hydrogen-bond donors (Lipinski definition) is 1. The molecule has 2 rings (SSSR count). The highest BCUT2D eigenvalue weighted by Gasteiger charge is 2.11. The number of halogens is 1. The number of carboxylic acids is 1. The number of carboxylic acid groups (broad SMARTS) is 1. The Labute approximate surface area is 108 Å². The van der Waals surface area contributed by atoms with E-state index in [9.17, 15) is 4.79 Å². The number of aromatic carboxylic acids is 1. The standard InChI is InChI=1S/C11H10ClN3O3/c1-2-18-9-5-6-15(14-9)8-4-3-7(11(16)17)10(12)13-8/h3-6H,2H2,1H3,(H,16,17). The summed E-state index contributed by atoms with van der Waals surface area (Å²) in [4.78, 5) is 14.8. The van der Waals surface area contributed by atoms with E-state index in [1.165, 1.54) is 16.8 Å². The third-order valence-corrected chi connectivity index (χ3v) is 2.44. The van der Waals surface area contributed by atoms with Gasteiger partial charge in [0.1, 0.15) is 5.15 Å². The summed E-state index contributed by atoms with van der Waals surface area (Å²) in [5, 5.41) is 12.9. The molecule has 0 aliphatic heterocycles. The minimum atomic E-state index is -1.12. The maximum Gasteiger partial charge on any atom is 0.338 e. The van der Waals surface area contributed by atoms with Crippen molar-refractivity contribution in [3.05, 3.63) is 35.1 Å². The Morgan fingerprint density at radius 3 is 2.89 bits per heavy atom. The Bertz CT molecular complexity index is 583. The highest BCUT2D eigenvalue weighted by molar-refractivity contribution is 6.32. The van der Waals surface area contributed by atoms with Crippen LogP contribution >= 0.6 is 11.6 Å². The van der Waals surface area contributed by atoms with Gasteiger partial charge >= 0.3 is 5.97 Å². The Morgan fingerprint density at radius 2 is 2.28 bits per heavy atom. The molecule has 2 aromatic heterocycles. The van der Waals surface area contributed by atoms with Crippen LogP contribution in [0.1, 0.15) is 17.3 Å². The Hall–Kier alpha value is -2.08. The molecule has 0 amide bonds. The molecular weight excluding hydrogens is 258 g/mol. The lowest BCUT2D eigenvalue weighted by Crippen LogP contribution is -2.04. The summed E-state index contributed by atoms with van der Waals surface area (Å²) in [6.07, 6.45) is 1.66. The quantitative estimate of drug-likeness (QED) is 0.858. The zero-order valence-electron chi connectivity index (χ0n) is 9.50. The first-order valence-electron chi connectivity index (χ1n) is 5.20. The molecule has 7 heteroatoms. The van der Waals surface area contributed by atoms with Crippen LogP contribution in [0.15, 0.2) is 24.4 Å². The molecule has 0 aliphatic rings. The van der Waals surface area contributed by atoms with Crippen LogP contribution in [0.25, 0.3) is 5.82 Å². The lowest BCUT2D eigenvalue weighted by molar-refractivity contribution is 0.0696. The van der Waals surface area contributed by atoms with Crippen LogP contribution < -0.4 is 4.74 Å². The normalized spacial score (nSPS) is 10.3. The Kier molecular flexibility index (Phi) is 3.47. The molecule has 0 bridgehead atoms. The van der Waals surface area contributed by atoms with Gasteiger partial charge < -0.3 is 9.84 Å². The van der Waals surface area contributed by atoms with Crippen molar-refractivity contribution in [3.63, 3.8) is 0 Å². The van der Waals surface area contributed by atoms with Crippen LogP contribution in [0.3, 0.4) is 0 Å². The van der Waals surface area contributed by atoms with Gasteiger partial charge in [0.2, 0.25) is 5.88 Å². The van der Waals surface area contributed by atoms with Gasteiger partial charge in [0.05, 0.1) is 12.2 Å². The lowest BCUT2D eigenvalue weighted by atomic mass is 10.3. The van der Waals surface area contributed by atoms with Crippen LogP contribution in [0.4, 0.5) is 0 Å². The minimum Gasteiger partial charge on any atom is -0.478 e. The third kappa shape index (κ3) is 2.43. The van der Waals surface area contributed by atoms with Gasteiger partial charge in [0.15, 0.2) is 5.82 Å². The molecule has 0 radical (unpaired) electrons. The predicted octanol–water partition coefficient (Wildman–Crippen LogP) is 2.02. The molecule has 1 N–H and O–H groups in total. The first-order valence-corrected chi connectivity index (χ1v) is 5.58. The van der Waals surface area contributed by atoms with Crippen molar-refractivity contribution in [2.24, 2.45) is 0 Å². The van der Waals surface area contributed by atoms with E-state index in [4.69, 9.17) is 21.4 Å². The molecule has 2 aromatic rings. The van der Waals surface area contributed by atoms with Crippen molar-refractivity contribution in [1.29, 1.82) is 0 Å². The van der Waals surface area contributed by atoms with Gasteiger partial charge in [-0.25, -0.2) is 14.5 Å². The van der Waals surface area contributed by atoms with E-state index in [2.05, 4.69) is 10.1 Å². The third-order valence-electron chi connectivity index (χ3n) is 2.16. The number of hydrogen-bond acceptors (Lipinski definition) is 4. The van der Waals surface area contributed by atoms with Crippen molar-refractivity contribution >= 4 is 17.6 Å². The van der Waals surface area contributed by atoms with E-state index in [0.717, 1.165) is 0 Å². The highest BCUT2D eigenvalue weighted by atomic mass is 35.5. The molecule has 6 nitrogen and oxygen atoms in total. The lowest BCUT2D eigenvalue weighted by Gasteiger charge is -2.03. The number of pyridine rings is 1. The van der Waals surface area contributed by atoms with Crippen molar-refractivity contribution in [3.8, 4) is 11.7 Å². The van der Waals surface area contributed by atoms with Gasteiger partial charge in [-0.3, -0.25) is 0 Å². The van der Waals surface area contributed by atoms with E-state index in [-0.39, 0.29) is 10.7 Å². The Morgan fingerprint density at radius 1 is 1.50 bits per heavy atom. The van der Waals surface area contributed by atoms with Crippen molar-refractivity contribution in [2.45, 2.75) is 6.92 Å². The highest BCUT2D eigenvalue weighted by Crippen LogP contribution is 2.17. The zero-order valence-corrected chi connectivity index (χ0v) is 10.3. The van der Waals surface area contributed by atoms with Crippen LogP contribution in [0.5, 0.6) is 5.88 Å². The number of aromatic nitrogens is 3. The van der Waals surface area contributed by atoms with Crippen LogP contribution in [-0.4, -0.2) is 32.4 Å². The van der Waals surface area contributed by atoms with Crippen molar-refractivity contribution in [2.75, 3.05) is 6.61 Å². The molecule has 0 unspecified atom stereocenters. The van der Waals surface area contributed by atoms with E-state index < -0.39 is 5.97 Å². The second kappa shape index (κ2) is 5.05. The summed E-state index contributed by atoms with van der Waals surface area (Å²) in [7, 11) is 0. The number of nitrogens with zero attached hydrogens (tertiary/aromatic N) is 3. The van der Waals surface area contributed by atoms with Gasteiger partial charge in [0.25, 0.3) is 0 Å². The fraction of sp³-hybridized carbons (Fsp3) is 0.182. The number of carbonyl (C=O) groups is 1. The SMILES string of the molecule is CCOc1ccn(-c2ccc(C(=O)O)c(Cl)n2)n1. The zero-order chi connectivity index (χ0) is 13.1. The maximum absolute atomic E-state index is 10.8. The molecule has 0 atom stereocenters. The second-order valence-corrected chi connectivity index (χ2v) is 3.70. The van der Waals surface area contributed by atoms with Gasteiger partial charge in [-0.2, -0.15) is 0 Å². The molecule has 0 aliphatic carbocycles. The molecule has 94 valence electrons. The average molecular weight is 268 g/mol. The van der Waals surface area contributed by atoms with Crippen molar-refractivity contribution in [1.82, 2.24) is 14.8 Å². The average Bonchev–Trinajstić information content (AvgIpc) is 2.77. The smallest absolute Gasteiger partial charge is 0.338 e. The van der Waals surface area contributed by atoms with E-state index in [1.54, 1.807) is 12.3 Å². The van der Waals surface area contributed by atoms with Crippen LogP contribution in [-0.2, 0) is 0 Å². The summed E-state index contributed by atoms with van der Waals surface area (Å²) in [5.74, 6) is -0.219. The van der Waals surface area contributed by atoms with E-state index in [1.807, 2.05) is 6.92 Å². The first kappa shape index (κ1) is 12.4. The Balaban J connectivity index is 2.33. The molecule has 18 heavy (non-hydrogen) atoms.